The molecule has 5 nitrogen and oxygen atoms in total. The Balaban J connectivity index is 1.77. The highest BCUT2D eigenvalue weighted by atomic mass is 16.5. The summed E-state index contributed by atoms with van der Waals surface area (Å²) in [5.41, 5.74) is 0.495. The molecule has 1 heterocycles. The maximum atomic E-state index is 10.7. The Morgan fingerprint density at radius 2 is 1.75 bits per heavy atom. The monoisotopic (exact) mass is 328 g/mol. The van der Waals surface area contributed by atoms with Gasteiger partial charge in [0.15, 0.2) is 0 Å². The number of nitrogens with one attached hydrogen (secondary N) is 1. The van der Waals surface area contributed by atoms with Crippen molar-refractivity contribution >= 4 is 0 Å². The molecule has 0 spiro atoms. The van der Waals surface area contributed by atoms with Crippen LogP contribution in [0.3, 0.4) is 0 Å². The molecule has 2 aromatic rings. The number of aromatic hydroxyl groups is 1. The molecule has 0 aliphatic carbocycles. The van der Waals surface area contributed by atoms with E-state index in [1.54, 1.807) is 18.2 Å². The molecule has 0 bridgehead atoms. The summed E-state index contributed by atoms with van der Waals surface area (Å²) >= 11 is 0. The summed E-state index contributed by atoms with van der Waals surface area (Å²) in [4.78, 5) is 2.23. The third kappa shape index (κ3) is 3.87. The van der Waals surface area contributed by atoms with Crippen LogP contribution in [0.1, 0.15) is 18.6 Å². The van der Waals surface area contributed by atoms with Gasteiger partial charge in [0.25, 0.3) is 0 Å². The Bertz CT molecular complexity index is 657. The van der Waals surface area contributed by atoms with E-state index in [2.05, 4.69) is 10.2 Å². The highest BCUT2D eigenvalue weighted by molar-refractivity contribution is 5.43. The predicted molar refractivity (Wildman–Crippen MR) is 93.5 cm³/mol. The SMILES string of the molecule is CC(C(O)c1cc(Oc2ccccc2)ccc1O)N1CCNCC1. The molecule has 1 fully saturated rings. The third-order valence-electron chi connectivity index (χ3n) is 4.48. The zero-order valence-electron chi connectivity index (χ0n) is 13.9. The number of hydrogen-bond acceptors (Lipinski definition) is 5. The van der Waals surface area contributed by atoms with Crippen molar-refractivity contribution in [3.8, 4) is 17.2 Å². The van der Waals surface area contributed by atoms with Crippen molar-refractivity contribution in [3.63, 3.8) is 0 Å². The minimum absolute atomic E-state index is 0.0787. The average molecular weight is 328 g/mol. The first-order chi connectivity index (χ1) is 11.6. The number of hydrogen-bond donors (Lipinski definition) is 3. The van der Waals surface area contributed by atoms with E-state index < -0.39 is 6.10 Å². The number of piperazine rings is 1. The molecular weight excluding hydrogens is 304 g/mol. The summed E-state index contributed by atoms with van der Waals surface area (Å²) in [5, 5.41) is 24.2. The van der Waals surface area contributed by atoms with Crippen LogP contribution in [0.4, 0.5) is 0 Å². The lowest BCUT2D eigenvalue weighted by Gasteiger charge is -2.35. The minimum Gasteiger partial charge on any atom is -0.508 e. The van der Waals surface area contributed by atoms with Crippen molar-refractivity contribution < 1.29 is 14.9 Å². The normalized spacial score (nSPS) is 18.1. The fraction of sp³-hybridized carbons (Fsp3) is 0.368. The van der Waals surface area contributed by atoms with Crippen LogP contribution < -0.4 is 10.1 Å². The molecule has 5 heteroatoms. The van der Waals surface area contributed by atoms with Crippen LogP contribution in [0, 0.1) is 0 Å². The van der Waals surface area contributed by atoms with Crippen LogP contribution in [0.2, 0.25) is 0 Å². The van der Waals surface area contributed by atoms with Crippen molar-refractivity contribution in [2.45, 2.75) is 19.1 Å². The Labute approximate surface area is 142 Å². The van der Waals surface area contributed by atoms with Gasteiger partial charge in [-0.05, 0) is 37.3 Å². The molecule has 2 unspecified atom stereocenters. The first-order valence-corrected chi connectivity index (χ1v) is 8.34. The molecule has 3 rings (SSSR count). The Morgan fingerprint density at radius 3 is 2.46 bits per heavy atom. The molecule has 1 aliphatic heterocycles. The van der Waals surface area contributed by atoms with Crippen LogP contribution in [-0.4, -0.2) is 47.3 Å². The number of aliphatic hydroxyl groups is 1. The number of nitrogens with zero attached hydrogens (tertiary/aromatic N) is 1. The standard InChI is InChI=1S/C19H24N2O3/c1-14(21-11-9-20-10-12-21)19(23)17-13-16(7-8-18(17)22)24-15-5-3-2-4-6-15/h2-8,13-14,19-20,22-23H,9-12H2,1H3. The molecule has 3 N–H and O–H groups in total. The summed E-state index contributed by atoms with van der Waals surface area (Å²) in [5.74, 6) is 1.41. The van der Waals surface area contributed by atoms with Gasteiger partial charge in [0.05, 0.1) is 6.10 Å². The number of aliphatic hydroxyl groups excluding tert-OH is 1. The molecule has 0 amide bonds. The number of para-hydroxylation sites is 1. The number of phenols is 1. The Hall–Kier alpha value is -2.08. The van der Waals surface area contributed by atoms with Crippen molar-refractivity contribution in [2.24, 2.45) is 0 Å². The summed E-state index contributed by atoms with van der Waals surface area (Å²) in [6.07, 6.45) is -0.776. The fourth-order valence-electron chi connectivity index (χ4n) is 3.01. The second kappa shape index (κ2) is 7.66. The van der Waals surface area contributed by atoms with E-state index in [1.165, 1.54) is 0 Å². The van der Waals surface area contributed by atoms with Gasteiger partial charge in [0.2, 0.25) is 0 Å². The predicted octanol–water partition coefficient (Wildman–Crippen LogP) is 2.51. The first kappa shape index (κ1) is 16.8. The van der Waals surface area contributed by atoms with E-state index in [-0.39, 0.29) is 11.8 Å². The lowest BCUT2D eigenvalue weighted by Crippen LogP contribution is -2.49. The second-order valence-corrected chi connectivity index (χ2v) is 6.11. The lowest BCUT2D eigenvalue weighted by molar-refractivity contribution is 0.0494. The molecule has 1 saturated heterocycles. The van der Waals surface area contributed by atoms with Gasteiger partial charge in [-0.3, -0.25) is 4.90 Å². The van der Waals surface area contributed by atoms with Crippen molar-refractivity contribution in [3.05, 3.63) is 54.1 Å². The van der Waals surface area contributed by atoms with E-state index in [1.807, 2.05) is 37.3 Å². The summed E-state index contributed by atoms with van der Waals surface area (Å²) in [7, 11) is 0. The van der Waals surface area contributed by atoms with Gasteiger partial charge in [-0.1, -0.05) is 18.2 Å². The van der Waals surface area contributed by atoms with Gasteiger partial charge in [-0.2, -0.15) is 0 Å². The van der Waals surface area contributed by atoms with E-state index >= 15 is 0 Å². The Kier molecular flexibility index (Phi) is 5.35. The lowest BCUT2D eigenvalue weighted by atomic mass is 10.0. The molecule has 2 aromatic carbocycles. The molecule has 24 heavy (non-hydrogen) atoms. The molecule has 0 aromatic heterocycles. The highest BCUT2D eigenvalue weighted by Crippen LogP contribution is 2.33. The van der Waals surface area contributed by atoms with Gasteiger partial charge in [-0.25, -0.2) is 0 Å². The van der Waals surface area contributed by atoms with Crippen LogP contribution >= 0.6 is 0 Å². The minimum atomic E-state index is -0.776. The highest BCUT2D eigenvalue weighted by Gasteiger charge is 2.26. The number of ether oxygens (including phenoxy) is 1. The summed E-state index contributed by atoms with van der Waals surface area (Å²) in [6, 6.07) is 14.4. The first-order valence-electron chi connectivity index (χ1n) is 8.34. The van der Waals surface area contributed by atoms with Gasteiger partial charge >= 0.3 is 0 Å². The third-order valence-corrected chi connectivity index (χ3v) is 4.48. The fourth-order valence-corrected chi connectivity index (χ4v) is 3.01. The van der Waals surface area contributed by atoms with Crippen molar-refractivity contribution in [1.29, 1.82) is 0 Å². The molecule has 0 saturated carbocycles. The number of benzene rings is 2. The van der Waals surface area contributed by atoms with Crippen LogP contribution in [0.25, 0.3) is 0 Å². The molecule has 0 radical (unpaired) electrons. The topological polar surface area (TPSA) is 65.0 Å². The largest absolute Gasteiger partial charge is 0.508 e. The molecule has 1 aliphatic rings. The van der Waals surface area contributed by atoms with Crippen LogP contribution in [0.5, 0.6) is 17.2 Å². The molecular formula is C19H24N2O3. The molecule has 128 valence electrons. The van der Waals surface area contributed by atoms with Gasteiger partial charge in [0, 0.05) is 37.8 Å². The quantitative estimate of drug-likeness (QED) is 0.787. The smallest absolute Gasteiger partial charge is 0.128 e. The zero-order valence-corrected chi connectivity index (χ0v) is 13.9. The van der Waals surface area contributed by atoms with E-state index in [9.17, 15) is 10.2 Å². The zero-order chi connectivity index (χ0) is 16.9. The molecule has 2 atom stereocenters. The van der Waals surface area contributed by atoms with Gasteiger partial charge < -0.3 is 20.3 Å². The van der Waals surface area contributed by atoms with E-state index in [0.717, 1.165) is 31.9 Å². The van der Waals surface area contributed by atoms with E-state index in [4.69, 9.17) is 4.74 Å². The number of phenolic OH excluding ortho intramolecular Hbond substituents is 1. The summed E-state index contributed by atoms with van der Waals surface area (Å²) < 4.78 is 5.80. The van der Waals surface area contributed by atoms with Crippen molar-refractivity contribution in [2.75, 3.05) is 26.2 Å². The van der Waals surface area contributed by atoms with Crippen LogP contribution in [0.15, 0.2) is 48.5 Å². The summed E-state index contributed by atoms with van der Waals surface area (Å²) in [6.45, 7) is 5.60. The van der Waals surface area contributed by atoms with Crippen LogP contribution in [-0.2, 0) is 0 Å². The maximum Gasteiger partial charge on any atom is 0.128 e. The van der Waals surface area contributed by atoms with Gasteiger partial charge in [0.1, 0.15) is 17.2 Å². The Morgan fingerprint density at radius 1 is 1.04 bits per heavy atom. The van der Waals surface area contributed by atoms with E-state index in [0.29, 0.717) is 11.3 Å². The van der Waals surface area contributed by atoms with Crippen molar-refractivity contribution in [1.82, 2.24) is 10.2 Å². The van der Waals surface area contributed by atoms with Gasteiger partial charge in [-0.15, -0.1) is 0 Å². The average Bonchev–Trinajstić information content (AvgIpc) is 2.64. The maximum absolute atomic E-state index is 10.7. The second-order valence-electron chi connectivity index (χ2n) is 6.11. The number of rotatable bonds is 5.